The van der Waals surface area contributed by atoms with Crippen molar-refractivity contribution in [1.29, 1.82) is 0 Å². The highest BCUT2D eigenvalue weighted by atomic mass is 16.5. The summed E-state index contributed by atoms with van der Waals surface area (Å²) < 4.78 is 5.42. The summed E-state index contributed by atoms with van der Waals surface area (Å²) in [5.41, 5.74) is 0.0697. The van der Waals surface area contributed by atoms with Gasteiger partial charge >= 0.3 is 0 Å². The average molecular weight is 258 g/mol. The van der Waals surface area contributed by atoms with Gasteiger partial charge in [0, 0.05) is 31.7 Å². The third-order valence-electron chi connectivity index (χ3n) is 2.42. The number of carbonyl (C=O) groups is 1. The molecule has 0 aromatic heterocycles. The lowest BCUT2D eigenvalue weighted by molar-refractivity contribution is -0.121. The molecular formula is C14H30N2O2. The van der Waals surface area contributed by atoms with Crippen LogP contribution in [-0.4, -0.2) is 37.7 Å². The van der Waals surface area contributed by atoms with Crippen molar-refractivity contribution in [3.8, 4) is 0 Å². The number of nitrogens with one attached hydrogen (secondary N) is 2. The van der Waals surface area contributed by atoms with Gasteiger partial charge in [-0.2, -0.15) is 0 Å². The maximum atomic E-state index is 11.5. The highest BCUT2D eigenvalue weighted by Crippen LogP contribution is 1.98. The third kappa shape index (κ3) is 13.5. The van der Waals surface area contributed by atoms with Crippen molar-refractivity contribution in [2.24, 2.45) is 5.92 Å². The van der Waals surface area contributed by atoms with E-state index in [4.69, 9.17) is 4.74 Å². The first-order chi connectivity index (χ1) is 8.31. The van der Waals surface area contributed by atoms with Crippen LogP contribution in [0.5, 0.6) is 0 Å². The second kappa shape index (κ2) is 9.34. The number of hydrogen-bond donors (Lipinski definition) is 2. The van der Waals surface area contributed by atoms with Crippen LogP contribution in [0.25, 0.3) is 0 Å². The largest absolute Gasteiger partial charge is 0.380 e. The van der Waals surface area contributed by atoms with Crippen molar-refractivity contribution in [1.82, 2.24) is 10.6 Å². The molecule has 0 radical (unpaired) electrons. The maximum absolute atomic E-state index is 11.5. The van der Waals surface area contributed by atoms with Crippen LogP contribution >= 0.6 is 0 Å². The number of carbonyl (C=O) groups excluding carboxylic acids is 1. The summed E-state index contributed by atoms with van der Waals surface area (Å²) >= 11 is 0. The van der Waals surface area contributed by atoms with Gasteiger partial charge < -0.3 is 15.4 Å². The number of amides is 1. The first-order valence-corrected chi connectivity index (χ1v) is 6.91. The van der Waals surface area contributed by atoms with Gasteiger partial charge in [0.25, 0.3) is 0 Å². The normalized spacial score (nSPS) is 11.9. The second-order valence-corrected chi connectivity index (χ2v) is 6.07. The minimum Gasteiger partial charge on any atom is -0.380 e. The molecule has 0 unspecified atom stereocenters. The van der Waals surface area contributed by atoms with Crippen LogP contribution in [0.4, 0.5) is 0 Å². The topological polar surface area (TPSA) is 50.4 Å². The van der Waals surface area contributed by atoms with E-state index in [1.54, 1.807) is 0 Å². The van der Waals surface area contributed by atoms with Gasteiger partial charge in [0.05, 0.1) is 6.61 Å². The molecular weight excluding hydrogens is 228 g/mol. The molecule has 0 aromatic rings. The van der Waals surface area contributed by atoms with E-state index in [0.29, 0.717) is 32.0 Å². The number of rotatable bonds is 9. The van der Waals surface area contributed by atoms with Crippen LogP contribution in [0, 0.1) is 5.92 Å². The molecule has 0 spiro atoms. The van der Waals surface area contributed by atoms with Gasteiger partial charge in [-0.1, -0.05) is 13.8 Å². The Bertz CT molecular complexity index is 222. The lowest BCUT2D eigenvalue weighted by Gasteiger charge is -2.20. The Morgan fingerprint density at radius 2 is 1.83 bits per heavy atom. The molecule has 0 saturated carbocycles. The lowest BCUT2D eigenvalue weighted by atomic mass is 10.1. The fourth-order valence-corrected chi connectivity index (χ4v) is 1.32. The fraction of sp³-hybridized carbons (Fsp3) is 0.929. The Hall–Kier alpha value is -0.610. The van der Waals surface area contributed by atoms with Crippen LogP contribution in [-0.2, 0) is 9.53 Å². The third-order valence-corrected chi connectivity index (χ3v) is 2.42. The van der Waals surface area contributed by atoms with E-state index in [1.807, 2.05) is 0 Å². The standard InChI is InChI=1S/C14H30N2O2/c1-12(2)7-10-18-11-9-15-13(17)6-8-16-14(3,4)5/h12,16H,6-11H2,1-5H3,(H,15,17). The zero-order chi connectivity index (χ0) is 14.0. The molecule has 18 heavy (non-hydrogen) atoms. The fourth-order valence-electron chi connectivity index (χ4n) is 1.32. The number of ether oxygens (including phenoxy) is 1. The molecule has 0 aliphatic heterocycles. The molecule has 108 valence electrons. The van der Waals surface area contributed by atoms with E-state index in [1.165, 1.54) is 0 Å². The Morgan fingerprint density at radius 1 is 1.17 bits per heavy atom. The summed E-state index contributed by atoms with van der Waals surface area (Å²) in [7, 11) is 0. The predicted molar refractivity (Wildman–Crippen MR) is 75.7 cm³/mol. The monoisotopic (exact) mass is 258 g/mol. The Balaban J connectivity index is 3.32. The maximum Gasteiger partial charge on any atom is 0.221 e. The van der Waals surface area contributed by atoms with Gasteiger partial charge in [-0.3, -0.25) is 4.79 Å². The van der Waals surface area contributed by atoms with Crippen molar-refractivity contribution < 1.29 is 9.53 Å². The predicted octanol–water partition coefficient (Wildman–Crippen LogP) is 1.94. The van der Waals surface area contributed by atoms with Crippen molar-refractivity contribution in [3.05, 3.63) is 0 Å². The van der Waals surface area contributed by atoms with E-state index >= 15 is 0 Å². The van der Waals surface area contributed by atoms with Gasteiger partial charge in [0.1, 0.15) is 0 Å². The molecule has 0 aliphatic rings. The molecule has 0 rings (SSSR count). The minimum absolute atomic E-state index is 0.0697. The van der Waals surface area contributed by atoms with Crippen molar-refractivity contribution >= 4 is 5.91 Å². The first-order valence-electron chi connectivity index (χ1n) is 6.91. The summed E-state index contributed by atoms with van der Waals surface area (Å²) in [5, 5.41) is 6.14. The van der Waals surface area contributed by atoms with E-state index < -0.39 is 0 Å². The van der Waals surface area contributed by atoms with E-state index in [-0.39, 0.29) is 11.4 Å². The Labute approximate surface area is 112 Å². The molecule has 0 atom stereocenters. The Morgan fingerprint density at radius 3 is 2.39 bits per heavy atom. The van der Waals surface area contributed by atoms with Crippen LogP contribution in [0.2, 0.25) is 0 Å². The molecule has 0 saturated heterocycles. The SMILES string of the molecule is CC(C)CCOCCNC(=O)CCNC(C)(C)C. The molecule has 0 aromatic carbocycles. The second-order valence-electron chi connectivity index (χ2n) is 6.07. The van der Waals surface area contributed by atoms with Crippen molar-refractivity contribution in [2.75, 3.05) is 26.3 Å². The van der Waals surface area contributed by atoms with Gasteiger partial charge in [0.2, 0.25) is 5.91 Å². The van der Waals surface area contributed by atoms with Crippen molar-refractivity contribution in [3.63, 3.8) is 0 Å². The minimum atomic E-state index is 0.0697. The molecule has 0 aliphatic carbocycles. The summed E-state index contributed by atoms with van der Waals surface area (Å²) in [4.78, 5) is 11.5. The molecule has 4 heteroatoms. The molecule has 0 fully saturated rings. The van der Waals surface area contributed by atoms with Gasteiger partial charge in [0.15, 0.2) is 0 Å². The Kier molecular flexibility index (Phi) is 9.02. The van der Waals surface area contributed by atoms with Crippen LogP contribution in [0.15, 0.2) is 0 Å². The summed E-state index contributed by atoms with van der Waals surface area (Å²) in [6, 6.07) is 0. The molecule has 0 bridgehead atoms. The van der Waals surface area contributed by atoms with E-state index in [0.717, 1.165) is 13.0 Å². The first kappa shape index (κ1) is 17.4. The van der Waals surface area contributed by atoms with Crippen LogP contribution < -0.4 is 10.6 Å². The molecule has 0 heterocycles. The zero-order valence-electron chi connectivity index (χ0n) is 12.6. The highest BCUT2D eigenvalue weighted by Gasteiger charge is 2.09. The summed E-state index contributed by atoms with van der Waals surface area (Å²) in [6.07, 6.45) is 1.59. The average Bonchev–Trinajstić information content (AvgIpc) is 2.20. The van der Waals surface area contributed by atoms with E-state index in [9.17, 15) is 4.79 Å². The molecule has 1 amide bonds. The zero-order valence-corrected chi connectivity index (χ0v) is 12.6. The highest BCUT2D eigenvalue weighted by molar-refractivity contribution is 5.76. The summed E-state index contributed by atoms with van der Waals surface area (Å²) in [6.45, 7) is 13.3. The quantitative estimate of drug-likeness (QED) is 0.621. The molecule has 4 nitrogen and oxygen atoms in total. The summed E-state index contributed by atoms with van der Waals surface area (Å²) in [5.74, 6) is 0.752. The van der Waals surface area contributed by atoms with E-state index in [2.05, 4.69) is 45.3 Å². The van der Waals surface area contributed by atoms with Crippen LogP contribution in [0.1, 0.15) is 47.5 Å². The smallest absolute Gasteiger partial charge is 0.221 e. The van der Waals surface area contributed by atoms with Gasteiger partial charge in [-0.25, -0.2) is 0 Å². The number of hydrogen-bond acceptors (Lipinski definition) is 3. The van der Waals surface area contributed by atoms with Crippen LogP contribution in [0.3, 0.4) is 0 Å². The van der Waals surface area contributed by atoms with Gasteiger partial charge in [-0.15, -0.1) is 0 Å². The lowest BCUT2D eigenvalue weighted by Crippen LogP contribution is -2.38. The van der Waals surface area contributed by atoms with Crippen molar-refractivity contribution in [2.45, 2.75) is 53.0 Å². The van der Waals surface area contributed by atoms with Gasteiger partial charge in [-0.05, 0) is 33.1 Å². The molecule has 2 N–H and O–H groups in total.